The summed E-state index contributed by atoms with van der Waals surface area (Å²) in [7, 11) is 0. The van der Waals surface area contributed by atoms with Crippen molar-refractivity contribution in [3.63, 3.8) is 0 Å². The molecule has 3 aromatic rings. The normalized spacial score (nSPS) is 15.6. The molecule has 0 unspecified atom stereocenters. The average molecular weight is 322 g/mol. The van der Waals surface area contributed by atoms with Gasteiger partial charge in [-0.1, -0.05) is 5.16 Å². The first-order chi connectivity index (χ1) is 11.8. The lowest BCUT2D eigenvalue weighted by molar-refractivity contribution is 0.432. The monoisotopic (exact) mass is 322 g/mol. The molecule has 1 aliphatic rings. The molecule has 1 saturated heterocycles. The first kappa shape index (κ1) is 14.8. The number of piperidine rings is 1. The molecule has 4 rings (SSSR count). The van der Waals surface area contributed by atoms with Crippen LogP contribution >= 0.6 is 0 Å². The minimum atomic E-state index is 0.295. The van der Waals surface area contributed by atoms with Crippen molar-refractivity contribution in [1.29, 1.82) is 0 Å². The Balaban J connectivity index is 1.59. The third-order valence-corrected chi connectivity index (χ3v) is 4.22. The fraction of sp³-hybridized carbons (Fsp3) is 0.294. The van der Waals surface area contributed by atoms with Crippen LogP contribution in [0.5, 0.6) is 0 Å². The van der Waals surface area contributed by atoms with E-state index in [1.54, 1.807) is 18.6 Å². The second-order valence-electron chi connectivity index (χ2n) is 5.89. The van der Waals surface area contributed by atoms with E-state index in [-0.39, 0.29) is 0 Å². The molecule has 0 saturated carbocycles. The Hall–Kier alpha value is -2.80. The highest BCUT2D eigenvalue weighted by Gasteiger charge is 2.18. The van der Waals surface area contributed by atoms with Crippen LogP contribution < -0.4 is 10.6 Å². The highest BCUT2D eigenvalue weighted by Crippen LogP contribution is 2.25. The quantitative estimate of drug-likeness (QED) is 0.789. The number of nitrogens with two attached hydrogens (primary N) is 1. The number of nitrogens with zero attached hydrogens (tertiary/aromatic N) is 5. The SMILES string of the molecule is NC1CCN(c2cc(-c3nc(-c4ccncc4)no3)ccn2)CC1. The van der Waals surface area contributed by atoms with Crippen LogP contribution in [0.25, 0.3) is 22.8 Å². The molecule has 24 heavy (non-hydrogen) atoms. The van der Waals surface area contributed by atoms with Gasteiger partial charge in [0.15, 0.2) is 0 Å². The molecule has 1 fully saturated rings. The second kappa shape index (κ2) is 6.37. The van der Waals surface area contributed by atoms with Crippen molar-refractivity contribution < 1.29 is 4.52 Å². The van der Waals surface area contributed by atoms with Crippen molar-refractivity contribution in [1.82, 2.24) is 20.1 Å². The van der Waals surface area contributed by atoms with Crippen molar-refractivity contribution in [3.8, 4) is 22.8 Å². The largest absolute Gasteiger partial charge is 0.356 e. The third kappa shape index (κ3) is 2.98. The zero-order valence-corrected chi connectivity index (χ0v) is 13.2. The van der Waals surface area contributed by atoms with E-state index in [0.29, 0.717) is 17.8 Å². The number of pyridine rings is 2. The van der Waals surface area contributed by atoms with Crippen LogP contribution in [0, 0.1) is 0 Å². The summed E-state index contributed by atoms with van der Waals surface area (Å²) >= 11 is 0. The lowest BCUT2D eigenvalue weighted by Crippen LogP contribution is -2.40. The molecular weight excluding hydrogens is 304 g/mol. The molecule has 0 bridgehead atoms. The average Bonchev–Trinajstić information content (AvgIpc) is 3.13. The molecule has 3 aromatic heterocycles. The third-order valence-electron chi connectivity index (χ3n) is 4.22. The molecule has 0 spiro atoms. The van der Waals surface area contributed by atoms with E-state index >= 15 is 0 Å². The molecular formula is C17H18N6O. The summed E-state index contributed by atoms with van der Waals surface area (Å²) in [6.45, 7) is 1.84. The van der Waals surface area contributed by atoms with Gasteiger partial charge in [0.1, 0.15) is 5.82 Å². The molecule has 0 aliphatic carbocycles. The van der Waals surface area contributed by atoms with Crippen LogP contribution in [-0.2, 0) is 0 Å². The second-order valence-corrected chi connectivity index (χ2v) is 5.89. The molecule has 0 aromatic carbocycles. The fourth-order valence-corrected chi connectivity index (χ4v) is 2.81. The van der Waals surface area contributed by atoms with Gasteiger partial charge in [0.2, 0.25) is 5.82 Å². The molecule has 7 heteroatoms. The zero-order chi connectivity index (χ0) is 16.4. The van der Waals surface area contributed by atoms with E-state index in [1.807, 2.05) is 24.3 Å². The molecule has 0 amide bonds. The predicted octanol–water partition coefficient (Wildman–Crippen LogP) is 2.12. The standard InChI is InChI=1S/C17H18N6O/c18-14-4-9-23(10-5-14)15-11-13(3-8-20-15)17-21-16(22-24-17)12-1-6-19-7-2-12/h1-3,6-8,11,14H,4-5,9-10,18H2. The van der Waals surface area contributed by atoms with E-state index in [0.717, 1.165) is 42.9 Å². The summed E-state index contributed by atoms with van der Waals surface area (Å²) in [5.41, 5.74) is 7.71. The van der Waals surface area contributed by atoms with Crippen LogP contribution in [0.2, 0.25) is 0 Å². The van der Waals surface area contributed by atoms with Gasteiger partial charge in [-0.2, -0.15) is 4.98 Å². The molecule has 7 nitrogen and oxygen atoms in total. The Kier molecular flexibility index (Phi) is 3.92. The van der Waals surface area contributed by atoms with E-state index in [4.69, 9.17) is 10.3 Å². The lowest BCUT2D eigenvalue weighted by Gasteiger charge is -2.31. The molecule has 2 N–H and O–H groups in total. The molecule has 0 atom stereocenters. The summed E-state index contributed by atoms with van der Waals surface area (Å²) < 4.78 is 5.42. The van der Waals surface area contributed by atoms with Crippen molar-refractivity contribution in [2.45, 2.75) is 18.9 Å². The van der Waals surface area contributed by atoms with E-state index in [9.17, 15) is 0 Å². The van der Waals surface area contributed by atoms with Gasteiger partial charge in [-0.3, -0.25) is 4.98 Å². The van der Waals surface area contributed by atoms with Gasteiger partial charge >= 0.3 is 0 Å². The maximum absolute atomic E-state index is 5.97. The molecule has 0 radical (unpaired) electrons. The first-order valence-electron chi connectivity index (χ1n) is 8.00. The van der Waals surface area contributed by atoms with Crippen LogP contribution in [-0.4, -0.2) is 39.2 Å². The summed E-state index contributed by atoms with van der Waals surface area (Å²) in [5.74, 6) is 1.96. The van der Waals surface area contributed by atoms with Gasteiger partial charge in [-0.25, -0.2) is 4.98 Å². The van der Waals surface area contributed by atoms with Gasteiger partial charge < -0.3 is 15.2 Å². The Morgan fingerprint density at radius 1 is 1.04 bits per heavy atom. The maximum atomic E-state index is 5.97. The van der Waals surface area contributed by atoms with Gasteiger partial charge in [-0.05, 0) is 37.1 Å². The van der Waals surface area contributed by atoms with Crippen molar-refractivity contribution in [2.75, 3.05) is 18.0 Å². The highest BCUT2D eigenvalue weighted by atomic mass is 16.5. The van der Waals surface area contributed by atoms with Gasteiger partial charge in [0, 0.05) is 48.8 Å². The number of hydrogen-bond donors (Lipinski definition) is 1. The number of rotatable bonds is 3. The van der Waals surface area contributed by atoms with Crippen LogP contribution in [0.3, 0.4) is 0 Å². The Morgan fingerprint density at radius 3 is 2.58 bits per heavy atom. The first-order valence-corrected chi connectivity index (χ1v) is 8.00. The highest BCUT2D eigenvalue weighted by molar-refractivity contribution is 5.62. The van der Waals surface area contributed by atoms with E-state index in [1.165, 1.54) is 0 Å². The van der Waals surface area contributed by atoms with Crippen LogP contribution in [0.1, 0.15) is 12.8 Å². The molecule has 4 heterocycles. The van der Waals surface area contributed by atoms with Crippen LogP contribution in [0.15, 0.2) is 47.4 Å². The fourth-order valence-electron chi connectivity index (χ4n) is 2.81. The Labute approximate surface area is 139 Å². The number of aromatic nitrogens is 4. The van der Waals surface area contributed by atoms with Gasteiger partial charge in [0.25, 0.3) is 5.89 Å². The summed E-state index contributed by atoms with van der Waals surface area (Å²) in [4.78, 5) is 15.2. The van der Waals surface area contributed by atoms with Crippen LogP contribution in [0.4, 0.5) is 5.82 Å². The van der Waals surface area contributed by atoms with E-state index in [2.05, 4.69) is 25.0 Å². The van der Waals surface area contributed by atoms with Crippen molar-refractivity contribution in [3.05, 3.63) is 42.9 Å². The van der Waals surface area contributed by atoms with Gasteiger partial charge in [-0.15, -0.1) is 0 Å². The summed E-state index contributed by atoms with van der Waals surface area (Å²) in [6.07, 6.45) is 7.15. The van der Waals surface area contributed by atoms with Crippen molar-refractivity contribution >= 4 is 5.82 Å². The smallest absolute Gasteiger partial charge is 0.258 e. The Morgan fingerprint density at radius 2 is 1.79 bits per heavy atom. The summed E-state index contributed by atoms with van der Waals surface area (Å²) in [5, 5.41) is 4.05. The maximum Gasteiger partial charge on any atom is 0.258 e. The van der Waals surface area contributed by atoms with E-state index < -0.39 is 0 Å². The molecule has 1 aliphatic heterocycles. The minimum Gasteiger partial charge on any atom is -0.356 e. The van der Waals surface area contributed by atoms with Gasteiger partial charge in [0.05, 0.1) is 0 Å². The molecule has 122 valence electrons. The zero-order valence-electron chi connectivity index (χ0n) is 13.2. The predicted molar refractivity (Wildman–Crippen MR) is 90.2 cm³/mol. The summed E-state index contributed by atoms with van der Waals surface area (Å²) in [6, 6.07) is 7.86. The lowest BCUT2D eigenvalue weighted by atomic mass is 10.1. The minimum absolute atomic E-state index is 0.295. The topological polar surface area (TPSA) is 94.0 Å². The van der Waals surface area contributed by atoms with Crippen molar-refractivity contribution in [2.24, 2.45) is 5.73 Å². The number of hydrogen-bond acceptors (Lipinski definition) is 7. The Bertz CT molecular complexity index is 811. The number of anilines is 1.